The Labute approximate surface area is 175 Å². The van der Waals surface area contributed by atoms with Gasteiger partial charge >= 0.3 is 0 Å². The van der Waals surface area contributed by atoms with E-state index in [1.54, 1.807) is 7.11 Å². The van der Waals surface area contributed by atoms with Crippen molar-refractivity contribution in [1.29, 1.82) is 0 Å². The quantitative estimate of drug-likeness (QED) is 0.313. The third kappa shape index (κ3) is 7.31. The lowest BCUT2D eigenvalue weighted by molar-refractivity contribution is 0.256. The molecule has 0 bridgehead atoms. The molecule has 2 N–H and O–H groups in total. The van der Waals surface area contributed by atoms with E-state index in [4.69, 9.17) is 4.74 Å². The summed E-state index contributed by atoms with van der Waals surface area (Å²) in [4.78, 5) is 7.01. The van der Waals surface area contributed by atoms with E-state index in [0.29, 0.717) is 0 Å². The van der Waals surface area contributed by atoms with Crippen molar-refractivity contribution in [2.24, 2.45) is 10.9 Å². The van der Waals surface area contributed by atoms with Crippen molar-refractivity contribution in [3.63, 3.8) is 0 Å². The first-order valence-corrected chi connectivity index (χ1v) is 9.60. The Morgan fingerprint density at radius 2 is 1.81 bits per heavy atom. The molecular weight excluding hydrogens is 439 g/mol. The van der Waals surface area contributed by atoms with Gasteiger partial charge in [0, 0.05) is 39.3 Å². The summed E-state index contributed by atoms with van der Waals surface area (Å²) in [5.74, 6) is 2.78. The minimum atomic E-state index is 0. The fourth-order valence-electron chi connectivity index (χ4n) is 3.15. The molecule has 1 aromatic rings. The zero-order valence-electron chi connectivity index (χ0n) is 16.0. The Morgan fingerprint density at radius 3 is 2.38 bits per heavy atom. The van der Waals surface area contributed by atoms with Gasteiger partial charge in [0.25, 0.3) is 0 Å². The average molecular weight is 472 g/mol. The third-order valence-corrected chi connectivity index (χ3v) is 5.03. The SMILES string of the molecule is CN=C(NCCc1ccc(OC)cc1)NCCN(CC1CC1)C1CC1.I. The molecule has 0 saturated heterocycles. The van der Waals surface area contributed by atoms with Gasteiger partial charge in [-0.15, -0.1) is 24.0 Å². The summed E-state index contributed by atoms with van der Waals surface area (Å²) in [6.07, 6.45) is 6.63. The number of ether oxygens (including phenoxy) is 1. The Kier molecular flexibility index (Phi) is 8.98. The van der Waals surface area contributed by atoms with Crippen molar-refractivity contribution in [2.75, 3.05) is 40.3 Å². The number of hydrogen-bond acceptors (Lipinski definition) is 3. The zero-order chi connectivity index (χ0) is 17.5. The van der Waals surface area contributed by atoms with Crippen molar-refractivity contribution in [1.82, 2.24) is 15.5 Å². The van der Waals surface area contributed by atoms with Crippen LogP contribution in [0.15, 0.2) is 29.3 Å². The van der Waals surface area contributed by atoms with Crippen LogP contribution in [0.4, 0.5) is 0 Å². The second-order valence-corrected chi connectivity index (χ2v) is 7.19. The largest absolute Gasteiger partial charge is 0.497 e. The van der Waals surface area contributed by atoms with Crippen molar-refractivity contribution >= 4 is 29.9 Å². The maximum Gasteiger partial charge on any atom is 0.191 e. The van der Waals surface area contributed by atoms with Gasteiger partial charge in [-0.25, -0.2) is 0 Å². The van der Waals surface area contributed by atoms with Gasteiger partial charge in [-0.1, -0.05) is 12.1 Å². The van der Waals surface area contributed by atoms with E-state index in [0.717, 1.165) is 49.7 Å². The molecule has 0 aliphatic heterocycles. The van der Waals surface area contributed by atoms with Crippen molar-refractivity contribution in [3.05, 3.63) is 29.8 Å². The van der Waals surface area contributed by atoms with E-state index in [9.17, 15) is 0 Å². The minimum Gasteiger partial charge on any atom is -0.497 e. The van der Waals surface area contributed by atoms with Gasteiger partial charge in [0.05, 0.1) is 7.11 Å². The van der Waals surface area contributed by atoms with E-state index < -0.39 is 0 Å². The maximum absolute atomic E-state index is 5.19. The first-order chi connectivity index (χ1) is 12.3. The molecule has 5 nitrogen and oxygen atoms in total. The molecule has 6 heteroatoms. The number of nitrogens with one attached hydrogen (secondary N) is 2. The maximum atomic E-state index is 5.19. The lowest BCUT2D eigenvalue weighted by Crippen LogP contribution is -2.43. The third-order valence-electron chi connectivity index (χ3n) is 5.03. The molecule has 1 aromatic carbocycles. The Hall–Kier alpha value is -1.02. The van der Waals surface area contributed by atoms with Gasteiger partial charge in [-0.2, -0.15) is 0 Å². The minimum absolute atomic E-state index is 0. The standard InChI is InChI=1S/C20H32N4O.HI/c1-21-20(22-12-11-16-5-9-19(25-2)10-6-16)23-13-14-24(18-7-8-18)15-17-3-4-17;/h5-6,9-10,17-18H,3-4,7-8,11-15H2,1-2H3,(H2,21,22,23);1H. The van der Waals surface area contributed by atoms with Crippen LogP contribution in [-0.2, 0) is 6.42 Å². The topological polar surface area (TPSA) is 48.9 Å². The molecule has 0 atom stereocenters. The summed E-state index contributed by atoms with van der Waals surface area (Å²) in [6, 6.07) is 9.10. The normalized spacial score (nSPS) is 17.0. The molecular formula is C20H33IN4O. The molecule has 2 aliphatic carbocycles. The molecule has 2 fully saturated rings. The lowest BCUT2D eigenvalue weighted by Gasteiger charge is -2.22. The number of hydrogen-bond donors (Lipinski definition) is 2. The van der Waals surface area contributed by atoms with E-state index in [1.807, 2.05) is 19.2 Å². The van der Waals surface area contributed by atoms with Crippen LogP contribution in [0, 0.1) is 5.92 Å². The molecule has 2 saturated carbocycles. The van der Waals surface area contributed by atoms with Crippen LogP contribution >= 0.6 is 24.0 Å². The number of halogens is 1. The molecule has 0 aromatic heterocycles. The number of rotatable bonds is 10. The summed E-state index contributed by atoms with van der Waals surface area (Å²) in [5.41, 5.74) is 1.30. The van der Waals surface area contributed by atoms with E-state index in [2.05, 4.69) is 32.7 Å². The van der Waals surface area contributed by atoms with Crippen LogP contribution in [-0.4, -0.2) is 57.2 Å². The van der Waals surface area contributed by atoms with Crippen LogP contribution in [0.25, 0.3) is 0 Å². The Bertz CT molecular complexity index is 555. The predicted molar refractivity (Wildman–Crippen MR) is 119 cm³/mol. The predicted octanol–water partition coefficient (Wildman–Crippen LogP) is 2.90. The van der Waals surface area contributed by atoms with Crippen LogP contribution in [0.3, 0.4) is 0 Å². The van der Waals surface area contributed by atoms with E-state index in [-0.39, 0.29) is 24.0 Å². The zero-order valence-corrected chi connectivity index (χ0v) is 18.4. The monoisotopic (exact) mass is 472 g/mol. The summed E-state index contributed by atoms with van der Waals surface area (Å²) in [7, 11) is 3.53. The van der Waals surface area contributed by atoms with E-state index in [1.165, 1.54) is 37.8 Å². The summed E-state index contributed by atoms with van der Waals surface area (Å²) in [5, 5.41) is 6.87. The van der Waals surface area contributed by atoms with Gasteiger partial charge in [-0.3, -0.25) is 9.89 Å². The highest BCUT2D eigenvalue weighted by atomic mass is 127. The summed E-state index contributed by atoms with van der Waals surface area (Å²) >= 11 is 0. The van der Waals surface area contributed by atoms with Crippen LogP contribution in [0.1, 0.15) is 31.2 Å². The Morgan fingerprint density at radius 1 is 1.12 bits per heavy atom. The molecule has 0 unspecified atom stereocenters. The van der Waals surface area contributed by atoms with Crippen molar-refractivity contribution in [3.8, 4) is 5.75 Å². The second-order valence-electron chi connectivity index (χ2n) is 7.19. The molecule has 26 heavy (non-hydrogen) atoms. The fourth-order valence-corrected chi connectivity index (χ4v) is 3.15. The van der Waals surface area contributed by atoms with Gasteiger partial charge < -0.3 is 15.4 Å². The highest BCUT2D eigenvalue weighted by molar-refractivity contribution is 14.0. The smallest absolute Gasteiger partial charge is 0.191 e. The van der Waals surface area contributed by atoms with Crippen LogP contribution in [0.2, 0.25) is 0 Å². The van der Waals surface area contributed by atoms with Crippen LogP contribution < -0.4 is 15.4 Å². The Balaban J connectivity index is 0.00000243. The van der Waals surface area contributed by atoms with Gasteiger partial charge in [-0.05, 0) is 55.7 Å². The van der Waals surface area contributed by atoms with Gasteiger partial charge in [0.1, 0.15) is 5.75 Å². The molecule has 0 heterocycles. The second kappa shape index (κ2) is 11.0. The van der Waals surface area contributed by atoms with Crippen molar-refractivity contribution in [2.45, 2.75) is 38.1 Å². The number of aliphatic imine (C=N–C) groups is 1. The summed E-state index contributed by atoms with van der Waals surface area (Å²) in [6.45, 7) is 4.27. The van der Waals surface area contributed by atoms with Gasteiger partial charge in [0.15, 0.2) is 5.96 Å². The molecule has 3 rings (SSSR count). The fraction of sp³-hybridized carbons (Fsp3) is 0.650. The molecule has 0 radical (unpaired) electrons. The number of benzene rings is 1. The number of nitrogens with zero attached hydrogens (tertiary/aromatic N) is 2. The van der Waals surface area contributed by atoms with E-state index >= 15 is 0 Å². The molecule has 0 amide bonds. The highest BCUT2D eigenvalue weighted by Gasteiger charge is 2.33. The molecule has 0 spiro atoms. The first-order valence-electron chi connectivity index (χ1n) is 9.60. The lowest BCUT2D eigenvalue weighted by atomic mass is 10.1. The summed E-state index contributed by atoms with van der Waals surface area (Å²) < 4.78 is 5.19. The van der Waals surface area contributed by atoms with Gasteiger partial charge in [0.2, 0.25) is 0 Å². The number of methoxy groups -OCH3 is 1. The van der Waals surface area contributed by atoms with Crippen LogP contribution in [0.5, 0.6) is 5.75 Å². The first kappa shape index (κ1) is 21.3. The van der Waals surface area contributed by atoms with Crippen molar-refractivity contribution < 1.29 is 4.74 Å². The molecule has 146 valence electrons. The molecule has 2 aliphatic rings. The number of guanidine groups is 1. The average Bonchev–Trinajstić information content (AvgIpc) is 3.54. The highest BCUT2D eigenvalue weighted by Crippen LogP contribution is 2.34.